The van der Waals surface area contributed by atoms with E-state index in [9.17, 15) is 0 Å². The first kappa shape index (κ1) is 15.3. The Kier molecular flexibility index (Phi) is 3.85. The van der Waals surface area contributed by atoms with Gasteiger partial charge in [0.05, 0.1) is 6.04 Å². The number of rotatable bonds is 4. The van der Waals surface area contributed by atoms with E-state index in [0.29, 0.717) is 5.95 Å². The molecule has 6 nitrogen and oxygen atoms in total. The molecule has 0 aliphatic rings. The van der Waals surface area contributed by atoms with E-state index in [1.165, 1.54) is 5.56 Å². The first-order valence-electron chi connectivity index (χ1n) is 8.16. The smallest absolute Gasteiger partial charge is 0.210 e. The van der Waals surface area contributed by atoms with E-state index in [2.05, 4.69) is 44.5 Å². The maximum atomic E-state index is 4.61. The van der Waals surface area contributed by atoms with Crippen LogP contribution in [0.15, 0.2) is 61.2 Å². The Labute approximate surface area is 145 Å². The minimum atomic E-state index is 0.116. The highest BCUT2D eigenvalue weighted by atomic mass is 15.3. The van der Waals surface area contributed by atoms with Crippen LogP contribution in [0, 0.1) is 6.92 Å². The molecule has 0 amide bonds. The number of anilines is 1. The zero-order valence-corrected chi connectivity index (χ0v) is 14.1. The number of aromatic nitrogens is 5. The SMILES string of the molecule is Cc1ncccc1-c1cnc(NC(C)c2ccccc2)n2cnnc12. The molecule has 3 heterocycles. The van der Waals surface area contributed by atoms with Gasteiger partial charge in [-0.15, -0.1) is 10.2 Å². The highest BCUT2D eigenvalue weighted by molar-refractivity contribution is 5.78. The summed E-state index contributed by atoms with van der Waals surface area (Å²) in [6, 6.07) is 14.3. The molecule has 0 saturated carbocycles. The first-order valence-corrected chi connectivity index (χ1v) is 8.16. The Morgan fingerprint density at radius 3 is 2.64 bits per heavy atom. The molecule has 25 heavy (non-hydrogen) atoms. The second kappa shape index (κ2) is 6.32. The summed E-state index contributed by atoms with van der Waals surface area (Å²) >= 11 is 0. The highest BCUT2D eigenvalue weighted by Gasteiger charge is 2.14. The lowest BCUT2D eigenvalue weighted by Crippen LogP contribution is -2.11. The maximum absolute atomic E-state index is 4.61. The number of nitrogens with zero attached hydrogens (tertiary/aromatic N) is 5. The number of nitrogens with one attached hydrogen (secondary N) is 1. The summed E-state index contributed by atoms with van der Waals surface area (Å²) in [5, 5.41) is 11.8. The minimum Gasteiger partial charge on any atom is -0.349 e. The number of hydrogen-bond donors (Lipinski definition) is 1. The number of aryl methyl sites for hydroxylation is 1. The summed E-state index contributed by atoms with van der Waals surface area (Å²) in [4.78, 5) is 8.96. The van der Waals surface area contributed by atoms with Gasteiger partial charge in [-0.3, -0.25) is 9.38 Å². The summed E-state index contributed by atoms with van der Waals surface area (Å²) in [5.74, 6) is 0.710. The Morgan fingerprint density at radius 1 is 1.00 bits per heavy atom. The molecule has 124 valence electrons. The van der Waals surface area contributed by atoms with Crippen molar-refractivity contribution in [3.05, 3.63) is 72.4 Å². The maximum Gasteiger partial charge on any atom is 0.210 e. The van der Waals surface area contributed by atoms with Crippen LogP contribution in [0.2, 0.25) is 0 Å². The minimum absolute atomic E-state index is 0.116. The van der Waals surface area contributed by atoms with Crippen LogP contribution in [0.1, 0.15) is 24.2 Å². The molecule has 0 bridgehead atoms. The predicted molar refractivity (Wildman–Crippen MR) is 97.2 cm³/mol. The Bertz CT molecular complexity index is 1010. The van der Waals surface area contributed by atoms with Crippen molar-refractivity contribution in [2.75, 3.05) is 5.32 Å². The summed E-state index contributed by atoms with van der Waals surface area (Å²) in [6.45, 7) is 4.08. The van der Waals surface area contributed by atoms with Crippen molar-refractivity contribution in [2.45, 2.75) is 19.9 Å². The second-order valence-corrected chi connectivity index (χ2v) is 5.93. The van der Waals surface area contributed by atoms with E-state index >= 15 is 0 Å². The van der Waals surface area contributed by atoms with Crippen LogP contribution in [-0.2, 0) is 0 Å². The number of fused-ring (bicyclic) bond motifs is 1. The van der Waals surface area contributed by atoms with Crippen LogP contribution in [-0.4, -0.2) is 24.6 Å². The fraction of sp³-hybridized carbons (Fsp3) is 0.158. The van der Waals surface area contributed by atoms with Crippen LogP contribution >= 0.6 is 0 Å². The van der Waals surface area contributed by atoms with E-state index in [1.807, 2.05) is 47.9 Å². The van der Waals surface area contributed by atoms with Gasteiger partial charge in [-0.25, -0.2) is 4.98 Å². The van der Waals surface area contributed by atoms with Gasteiger partial charge in [0, 0.05) is 29.2 Å². The molecule has 0 saturated heterocycles. The standard InChI is InChI=1S/C19H18N6/c1-13(15-7-4-3-5-8-15)23-19-21-11-17(18-24-22-12-25(18)19)16-9-6-10-20-14(16)2/h3-13H,1-2H3,(H,21,23). The molecule has 4 aromatic rings. The van der Waals surface area contributed by atoms with Gasteiger partial charge < -0.3 is 5.32 Å². The summed E-state index contributed by atoms with van der Waals surface area (Å²) in [6.07, 6.45) is 5.29. The largest absolute Gasteiger partial charge is 0.349 e. The monoisotopic (exact) mass is 330 g/mol. The van der Waals surface area contributed by atoms with Gasteiger partial charge >= 0.3 is 0 Å². The highest BCUT2D eigenvalue weighted by Crippen LogP contribution is 2.27. The molecule has 1 N–H and O–H groups in total. The third kappa shape index (κ3) is 2.82. The molecule has 4 rings (SSSR count). The fourth-order valence-electron chi connectivity index (χ4n) is 2.90. The van der Waals surface area contributed by atoms with Crippen molar-refractivity contribution in [2.24, 2.45) is 0 Å². The Hall–Kier alpha value is -3.28. The lowest BCUT2D eigenvalue weighted by Gasteiger charge is -2.16. The molecular weight excluding hydrogens is 312 g/mol. The third-order valence-electron chi connectivity index (χ3n) is 4.28. The van der Waals surface area contributed by atoms with Crippen LogP contribution in [0.4, 0.5) is 5.95 Å². The molecule has 1 atom stereocenters. The molecule has 0 spiro atoms. The fourth-order valence-corrected chi connectivity index (χ4v) is 2.90. The van der Waals surface area contributed by atoms with Crippen LogP contribution in [0.3, 0.4) is 0 Å². The Morgan fingerprint density at radius 2 is 1.84 bits per heavy atom. The summed E-state index contributed by atoms with van der Waals surface area (Å²) in [5.41, 5.74) is 4.82. The quantitative estimate of drug-likeness (QED) is 0.618. The van der Waals surface area contributed by atoms with Gasteiger partial charge in [0.2, 0.25) is 5.95 Å². The molecule has 0 radical (unpaired) electrons. The van der Waals surface area contributed by atoms with Crippen molar-refractivity contribution in [3.8, 4) is 11.1 Å². The molecular formula is C19H18N6. The summed E-state index contributed by atoms with van der Waals surface area (Å²) < 4.78 is 1.88. The number of pyridine rings is 1. The second-order valence-electron chi connectivity index (χ2n) is 5.93. The van der Waals surface area contributed by atoms with Gasteiger partial charge in [0.25, 0.3) is 0 Å². The molecule has 0 aliphatic carbocycles. The van der Waals surface area contributed by atoms with Gasteiger partial charge in [-0.2, -0.15) is 0 Å². The van der Waals surface area contributed by atoms with Gasteiger partial charge in [-0.05, 0) is 25.5 Å². The lowest BCUT2D eigenvalue weighted by atomic mass is 10.1. The zero-order chi connectivity index (χ0) is 17.2. The normalized spacial score (nSPS) is 12.2. The molecule has 6 heteroatoms. The van der Waals surface area contributed by atoms with Gasteiger partial charge in [0.15, 0.2) is 5.65 Å². The van der Waals surface area contributed by atoms with Crippen molar-refractivity contribution in [1.82, 2.24) is 24.6 Å². The van der Waals surface area contributed by atoms with Crippen LogP contribution in [0.5, 0.6) is 0 Å². The van der Waals surface area contributed by atoms with Gasteiger partial charge in [0.1, 0.15) is 6.33 Å². The molecule has 0 fully saturated rings. The van der Waals surface area contributed by atoms with E-state index in [4.69, 9.17) is 0 Å². The molecule has 3 aromatic heterocycles. The van der Waals surface area contributed by atoms with E-state index < -0.39 is 0 Å². The van der Waals surface area contributed by atoms with E-state index in [-0.39, 0.29) is 6.04 Å². The zero-order valence-electron chi connectivity index (χ0n) is 14.1. The average molecular weight is 330 g/mol. The van der Waals surface area contributed by atoms with Crippen LogP contribution < -0.4 is 5.32 Å². The van der Waals surface area contributed by atoms with Crippen molar-refractivity contribution < 1.29 is 0 Å². The van der Waals surface area contributed by atoms with Crippen molar-refractivity contribution >= 4 is 11.6 Å². The number of hydrogen-bond acceptors (Lipinski definition) is 5. The van der Waals surface area contributed by atoms with E-state index in [0.717, 1.165) is 22.5 Å². The number of benzene rings is 1. The van der Waals surface area contributed by atoms with Crippen molar-refractivity contribution in [1.29, 1.82) is 0 Å². The molecule has 0 aliphatic heterocycles. The Balaban J connectivity index is 1.75. The van der Waals surface area contributed by atoms with Gasteiger partial charge in [-0.1, -0.05) is 36.4 Å². The van der Waals surface area contributed by atoms with Crippen molar-refractivity contribution in [3.63, 3.8) is 0 Å². The molecule has 1 unspecified atom stereocenters. The molecule has 1 aromatic carbocycles. The first-order chi connectivity index (χ1) is 12.2. The topological polar surface area (TPSA) is 68.0 Å². The predicted octanol–water partition coefficient (Wildman–Crippen LogP) is 3.67. The van der Waals surface area contributed by atoms with Crippen LogP contribution in [0.25, 0.3) is 16.8 Å². The van der Waals surface area contributed by atoms with E-state index in [1.54, 1.807) is 12.5 Å². The summed E-state index contributed by atoms with van der Waals surface area (Å²) in [7, 11) is 0. The lowest BCUT2D eigenvalue weighted by molar-refractivity contribution is 0.851. The average Bonchev–Trinajstić information content (AvgIpc) is 3.14. The third-order valence-corrected chi connectivity index (χ3v) is 4.28.